The van der Waals surface area contributed by atoms with Gasteiger partial charge in [0.25, 0.3) is 0 Å². The number of rotatable bonds is 20. The van der Waals surface area contributed by atoms with E-state index in [2.05, 4.69) is 84.4 Å². The topological polar surface area (TPSA) is 97.7 Å². The largest absolute Gasteiger partial charge is 0.494 e. The van der Waals surface area contributed by atoms with Gasteiger partial charge in [-0.05, 0) is 91.2 Å². The molecule has 0 spiro atoms. The summed E-state index contributed by atoms with van der Waals surface area (Å²) in [6.07, 6.45) is 10.9. The van der Waals surface area contributed by atoms with Crippen molar-refractivity contribution in [1.82, 2.24) is 15.0 Å². The van der Waals surface area contributed by atoms with Crippen LogP contribution in [0.2, 0.25) is 0 Å². The van der Waals surface area contributed by atoms with Gasteiger partial charge in [-0.2, -0.15) is 0 Å². The van der Waals surface area contributed by atoms with Crippen molar-refractivity contribution < 1.29 is 19.4 Å². The van der Waals surface area contributed by atoms with Gasteiger partial charge in [0.1, 0.15) is 28.2 Å². The predicted octanol–water partition coefficient (Wildman–Crippen LogP) is 14.8. The second kappa shape index (κ2) is 20.8. The second-order valence-corrected chi connectivity index (χ2v) is 16.6. The summed E-state index contributed by atoms with van der Waals surface area (Å²) in [6, 6.07) is 48.8. The number of carboxylic acid groups (broad SMARTS) is 1. The maximum absolute atomic E-state index is 11.7. The predicted molar refractivity (Wildman–Crippen MR) is 258 cm³/mol. The fourth-order valence-electron chi connectivity index (χ4n) is 7.62. The van der Waals surface area contributed by atoms with Crippen molar-refractivity contribution in [2.75, 3.05) is 18.1 Å². The number of carboxylic acids is 1. The van der Waals surface area contributed by atoms with Crippen LogP contribution in [-0.4, -0.2) is 39.2 Å². The summed E-state index contributed by atoms with van der Waals surface area (Å²) < 4.78 is 12.2. The molecular formula is C54H52N4O4S. The molecule has 9 heteroatoms. The molecule has 318 valence electrons. The number of unbranched alkanes of at least 4 members (excludes halogenated alkanes) is 6. The quantitative estimate of drug-likeness (QED) is 0.0757. The van der Waals surface area contributed by atoms with Crippen molar-refractivity contribution in [1.29, 1.82) is 0 Å². The molecule has 0 bridgehead atoms. The minimum atomic E-state index is -1.07. The Bertz CT molecular complexity index is 2650. The molecule has 0 unspecified atom stereocenters. The van der Waals surface area contributed by atoms with Gasteiger partial charge in [0.05, 0.1) is 34.4 Å². The highest BCUT2D eigenvalue weighted by atomic mass is 32.1. The van der Waals surface area contributed by atoms with E-state index >= 15 is 0 Å². The lowest BCUT2D eigenvalue weighted by Crippen LogP contribution is -2.10. The number of ether oxygens (including phenoxy) is 2. The van der Waals surface area contributed by atoms with Crippen LogP contribution in [0.5, 0.6) is 11.5 Å². The maximum atomic E-state index is 11.7. The van der Waals surface area contributed by atoms with E-state index in [4.69, 9.17) is 19.4 Å². The number of thiophene rings is 1. The van der Waals surface area contributed by atoms with Crippen LogP contribution < -0.4 is 14.4 Å². The number of aromatic carboxylic acids is 1. The Hall–Kier alpha value is -6.84. The zero-order valence-electron chi connectivity index (χ0n) is 35.9. The molecule has 0 aliphatic rings. The smallest absolute Gasteiger partial charge is 0.354 e. The van der Waals surface area contributed by atoms with Crippen molar-refractivity contribution in [2.45, 2.75) is 65.2 Å². The summed E-state index contributed by atoms with van der Waals surface area (Å²) in [5.41, 5.74) is 9.67. The standard InChI is InChI=1S/C54H52N4O4S/c1-3-5-7-15-35-61-45-30-26-43(27-31-45)58(44-28-32-46(33-29-44)62-36-16-8-6-4-2)42-24-21-40(22-25-42)52-50-51(53(63-52)41-23-34-47(54(59)60)55-37-41)57-49(39-19-13-10-14-20-39)48(56-50)38-17-11-9-12-18-38/h9-14,17-34,37H,3-8,15-16,35-36H2,1-2H3,(H,59,60). The second-order valence-electron chi connectivity index (χ2n) is 15.5. The summed E-state index contributed by atoms with van der Waals surface area (Å²) >= 11 is 1.58. The molecule has 0 atom stereocenters. The Morgan fingerprint density at radius 3 is 1.40 bits per heavy atom. The number of hydrogen-bond donors (Lipinski definition) is 1. The number of pyridine rings is 1. The Morgan fingerprint density at radius 2 is 0.968 bits per heavy atom. The van der Waals surface area contributed by atoms with Gasteiger partial charge < -0.3 is 19.5 Å². The van der Waals surface area contributed by atoms with Gasteiger partial charge in [-0.15, -0.1) is 11.3 Å². The highest BCUT2D eigenvalue weighted by Crippen LogP contribution is 2.46. The van der Waals surface area contributed by atoms with Gasteiger partial charge in [0, 0.05) is 39.9 Å². The lowest BCUT2D eigenvalue weighted by molar-refractivity contribution is 0.0690. The molecule has 8 rings (SSSR count). The molecule has 0 fully saturated rings. The van der Waals surface area contributed by atoms with Crippen molar-refractivity contribution >= 4 is 45.4 Å². The van der Waals surface area contributed by atoms with Gasteiger partial charge in [-0.25, -0.2) is 19.7 Å². The number of nitrogens with zero attached hydrogens (tertiary/aromatic N) is 4. The Balaban J connectivity index is 1.19. The fourth-order valence-corrected chi connectivity index (χ4v) is 8.80. The maximum Gasteiger partial charge on any atom is 0.354 e. The Morgan fingerprint density at radius 1 is 0.524 bits per heavy atom. The van der Waals surface area contributed by atoms with Gasteiger partial charge in [0.15, 0.2) is 0 Å². The minimum Gasteiger partial charge on any atom is -0.494 e. The van der Waals surface area contributed by atoms with E-state index in [0.717, 1.165) is 95.8 Å². The monoisotopic (exact) mass is 852 g/mol. The number of aromatic nitrogens is 3. The Labute approximate surface area is 373 Å². The summed E-state index contributed by atoms with van der Waals surface area (Å²) in [7, 11) is 0. The fraction of sp³-hybridized carbons (Fsp3) is 0.222. The minimum absolute atomic E-state index is 0.0171. The molecule has 0 saturated carbocycles. The van der Waals surface area contributed by atoms with Crippen LogP contribution in [0.15, 0.2) is 152 Å². The molecule has 3 heterocycles. The number of carbonyl (C=O) groups is 1. The molecule has 5 aromatic carbocycles. The molecule has 8 aromatic rings. The van der Waals surface area contributed by atoms with Crippen LogP contribution in [0.3, 0.4) is 0 Å². The third kappa shape index (κ3) is 10.3. The number of benzene rings is 5. The van der Waals surface area contributed by atoms with Crippen LogP contribution in [0, 0.1) is 0 Å². The summed E-state index contributed by atoms with van der Waals surface area (Å²) in [6.45, 7) is 5.85. The van der Waals surface area contributed by atoms with Crippen LogP contribution in [0.1, 0.15) is 75.7 Å². The zero-order chi connectivity index (χ0) is 43.4. The molecule has 63 heavy (non-hydrogen) atoms. The third-order valence-corrected chi connectivity index (χ3v) is 12.2. The SMILES string of the molecule is CCCCCCOc1ccc(N(c2ccc(OCCCCCC)cc2)c2ccc(-c3sc(-c4ccc(C(=O)O)nc4)c4nc(-c5ccccc5)c(-c5ccccc5)nc34)cc2)cc1. The molecule has 3 aromatic heterocycles. The van der Waals surface area contributed by atoms with Crippen molar-refractivity contribution in [3.63, 3.8) is 0 Å². The summed E-state index contributed by atoms with van der Waals surface area (Å²) in [4.78, 5) is 30.9. The highest BCUT2D eigenvalue weighted by molar-refractivity contribution is 7.20. The summed E-state index contributed by atoms with van der Waals surface area (Å²) in [5.74, 6) is 0.643. The van der Waals surface area contributed by atoms with Crippen LogP contribution >= 0.6 is 11.3 Å². The normalized spacial score (nSPS) is 11.1. The van der Waals surface area contributed by atoms with Crippen molar-refractivity contribution in [3.05, 3.63) is 157 Å². The molecule has 0 amide bonds. The molecule has 0 saturated heterocycles. The lowest BCUT2D eigenvalue weighted by atomic mass is 10.0. The van der Waals surface area contributed by atoms with Gasteiger partial charge in [-0.1, -0.05) is 125 Å². The first kappa shape index (κ1) is 42.8. The van der Waals surface area contributed by atoms with E-state index in [1.54, 1.807) is 23.6 Å². The van der Waals surface area contributed by atoms with Gasteiger partial charge in [-0.3, -0.25) is 0 Å². The number of fused-ring (bicyclic) bond motifs is 1. The summed E-state index contributed by atoms with van der Waals surface area (Å²) in [5, 5.41) is 9.62. The molecule has 0 aliphatic heterocycles. The van der Waals surface area contributed by atoms with E-state index in [0.29, 0.717) is 13.2 Å². The molecule has 8 nitrogen and oxygen atoms in total. The van der Waals surface area contributed by atoms with E-state index in [9.17, 15) is 9.90 Å². The van der Waals surface area contributed by atoms with Crippen LogP contribution in [0.4, 0.5) is 17.1 Å². The van der Waals surface area contributed by atoms with E-state index in [-0.39, 0.29) is 5.69 Å². The van der Waals surface area contributed by atoms with Crippen LogP contribution in [0.25, 0.3) is 54.4 Å². The molecular weight excluding hydrogens is 801 g/mol. The Kier molecular flexibility index (Phi) is 14.2. The highest BCUT2D eigenvalue weighted by Gasteiger charge is 2.23. The number of hydrogen-bond acceptors (Lipinski definition) is 8. The molecule has 0 aliphatic carbocycles. The van der Waals surface area contributed by atoms with Crippen LogP contribution in [-0.2, 0) is 0 Å². The lowest BCUT2D eigenvalue weighted by Gasteiger charge is -2.26. The van der Waals surface area contributed by atoms with E-state index in [1.807, 2.05) is 72.8 Å². The zero-order valence-corrected chi connectivity index (χ0v) is 36.7. The van der Waals surface area contributed by atoms with Gasteiger partial charge in [0.2, 0.25) is 0 Å². The molecule has 1 N–H and O–H groups in total. The van der Waals surface area contributed by atoms with Gasteiger partial charge >= 0.3 is 5.97 Å². The number of anilines is 3. The first-order valence-electron chi connectivity index (χ1n) is 22.0. The van der Waals surface area contributed by atoms with E-state index < -0.39 is 5.97 Å². The van der Waals surface area contributed by atoms with Crippen molar-refractivity contribution in [2.24, 2.45) is 0 Å². The molecule has 0 radical (unpaired) electrons. The van der Waals surface area contributed by atoms with E-state index in [1.165, 1.54) is 44.6 Å². The van der Waals surface area contributed by atoms with Crippen molar-refractivity contribution in [3.8, 4) is 54.9 Å². The third-order valence-electron chi connectivity index (χ3n) is 11.0. The average molecular weight is 853 g/mol. The average Bonchev–Trinajstić information content (AvgIpc) is 3.71. The first-order valence-corrected chi connectivity index (χ1v) is 22.8. The first-order chi connectivity index (χ1) is 31.0.